The molecule has 1 N–H and O–H groups in total. The molecular formula is C17H15F2NO5. The van der Waals surface area contributed by atoms with Gasteiger partial charge in [-0.3, -0.25) is 4.79 Å². The van der Waals surface area contributed by atoms with Crippen molar-refractivity contribution in [2.45, 2.75) is 12.7 Å². The number of hydrogen-bond acceptors (Lipinski definition) is 4. The van der Waals surface area contributed by atoms with E-state index in [1.807, 2.05) is 0 Å². The van der Waals surface area contributed by atoms with Crippen molar-refractivity contribution in [3.8, 4) is 5.75 Å². The number of carboxylic acids is 1. The molecule has 1 amide bonds. The highest BCUT2D eigenvalue weighted by Crippen LogP contribution is 2.29. The number of alkyl halides is 2. The number of carbonyl (C=O) groups excluding carboxylic acids is 1. The van der Waals surface area contributed by atoms with Crippen molar-refractivity contribution < 1.29 is 33.0 Å². The predicted molar refractivity (Wildman–Crippen MR) is 83.9 cm³/mol. The second kappa shape index (κ2) is 7.02. The van der Waals surface area contributed by atoms with Crippen LogP contribution in [0.15, 0.2) is 36.4 Å². The van der Waals surface area contributed by atoms with Crippen LogP contribution in [0.4, 0.5) is 8.78 Å². The predicted octanol–water partition coefficient (Wildman–Crippen LogP) is 2.37. The third kappa shape index (κ3) is 3.69. The van der Waals surface area contributed by atoms with Crippen molar-refractivity contribution in [2.75, 3.05) is 19.7 Å². The number of halogens is 2. The molecule has 0 spiro atoms. The molecule has 1 saturated heterocycles. The first-order valence-corrected chi connectivity index (χ1v) is 7.57. The van der Waals surface area contributed by atoms with Gasteiger partial charge in [0.2, 0.25) is 0 Å². The van der Waals surface area contributed by atoms with Crippen LogP contribution in [0, 0.1) is 0 Å². The van der Waals surface area contributed by atoms with Gasteiger partial charge < -0.3 is 19.5 Å². The topological polar surface area (TPSA) is 76.1 Å². The first kappa shape index (κ1) is 17.1. The summed E-state index contributed by atoms with van der Waals surface area (Å²) in [6.07, 6.45) is -1.14. The van der Waals surface area contributed by atoms with Crippen LogP contribution in [0.2, 0.25) is 0 Å². The maximum absolute atomic E-state index is 12.8. The summed E-state index contributed by atoms with van der Waals surface area (Å²) in [5.74, 6) is -1.99. The van der Waals surface area contributed by atoms with Crippen LogP contribution in [-0.2, 0) is 9.53 Å². The Hall–Kier alpha value is -2.74. The molecule has 0 bridgehead atoms. The Morgan fingerprint density at radius 3 is 2.56 bits per heavy atom. The van der Waals surface area contributed by atoms with Crippen molar-refractivity contribution in [2.24, 2.45) is 0 Å². The van der Waals surface area contributed by atoms with Crippen LogP contribution < -0.4 is 4.74 Å². The van der Waals surface area contributed by atoms with Crippen LogP contribution in [-0.4, -0.2) is 54.3 Å². The molecule has 0 aliphatic carbocycles. The zero-order valence-corrected chi connectivity index (χ0v) is 13.0. The number of fused-ring (bicyclic) bond motifs is 1. The second-order valence-corrected chi connectivity index (χ2v) is 5.52. The smallest absolute Gasteiger partial charge is 0.387 e. The van der Waals surface area contributed by atoms with E-state index in [1.165, 1.54) is 17.0 Å². The Morgan fingerprint density at radius 1 is 1.24 bits per heavy atom. The average Bonchev–Trinajstić information content (AvgIpc) is 2.60. The minimum Gasteiger partial charge on any atom is -0.479 e. The summed E-state index contributed by atoms with van der Waals surface area (Å²) in [6, 6.07) is 9.83. The molecule has 2 aromatic rings. The van der Waals surface area contributed by atoms with E-state index >= 15 is 0 Å². The molecule has 1 atom stereocenters. The summed E-state index contributed by atoms with van der Waals surface area (Å²) in [7, 11) is 0. The molecule has 0 aromatic heterocycles. The Balaban J connectivity index is 1.97. The number of benzene rings is 2. The maximum atomic E-state index is 12.8. The molecular weight excluding hydrogens is 336 g/mol. The molecule has 6 nitrogen and oxygen atoms in total. The zero-order valence-electron chi connectivity index (χ0n) is 13.0. The summed E-state index contributed by atoms with van der Waals surface area (Å²) in [4.78, 5) is 25.1. The Bertz CT molecular complexity index is 811. The van der Waals surface area contributed by atoms with Gasteiger partial charge in [0.25, 0.3) is 5.91 Å². The molecule has 1 unspecified atom stereocenters. The maximum Gasteiger partial charge on any atom is 0.387 e. The lowest BCUT2D eigenvalue weighted by Gasteiger charge is -2.31. The number of carbonyl (C=O) groups is 2. The largest absolute Gasteiger partial charge is 0.479 e. The number of hydrogen-bond donors (Lipinski definition) is 1. The minimum absolute atomic E-state index is 0.0370. The first-order valence-electron chi connectivity index (χ1n) is 7.57. The van der Waals surface area contributed by atoms with Crippen molar-refractivity contribution in [3.63, 3.8) is 0 Å². The number of rotatable bonds is 4. The van der Waals surface area contributed by atoms with Crippen LogP contribution in [0.25, 0.3) is 10.8 Å². The van der Waals surface area contributed by atoms with E-state index in [1.54, 1.807) is 24.3 Å². The number of ether oxygens (including phenoxy) is 2. The standard InChI is InChI=1S/C17H15F2NO5/c18-17(19)25-13-8-11-4-2-1-3-10(11)7-12(13)15(21)20-5-6-24-14(9-20)16(22)23/h1-4,7-8,14,17H,5-6,9H2,(H,22,23). The second-order valence-electron chi connectivity index (χ2n) is 5.52. The number of nitrogens with zero attached hydrogens (tertiary/aromatic N) is 1. The van der Waals surface area contributed by atoms with E-state index in [-0.39, 0.29) is 31.0 Å². The van der Waals surface area contributed by atoms with Gasteiger partial charge in [-0.1, -0.05) is 24.3 Å². The Kier molecular flexibility index (Phi) is 4.80. The van der Waals surface area contributed by atoms with Gasteiger partial charge in [-0.05, 0) is 22.9 Å². The molecule has 25 heavy (non-hydrogen) atoms. The fourth-order valence-electron chi connectivity index (χ4n) is 2.73. The van der Waals surface area contributed by atoms with Crippen LogP contribution in [0.1, 0.15) is 10.4 Å². The summed E-state index contributed by atoms with van der Waals surface area (Å²) in [5, 5.41) is 10.4. The van der Waals surface area contributed by atoms with Gasteiger partial charge >= 0.3 is 12.6 Å². The van der Waals surface area contributed by atoms with Crippen LogP contribution in [0.3, 0.4) is 0 Å². The van der Waals surface area contributed by atoms with Gasteiger partial charge in [0.05, 0.1) is 18.7 Å². The monoisotopic (exact) mass is 351 g/mol. The number of morpholine rings is 1. The van der Waals surface area contributed by atoms with Crippen molar-refractivity contribution in [1.82, 2.24) is 4.90 Å². The fourth-order valence-corrected chi connectivity index (χ4v) is 2.73. The molecule has 1 fully saturated rings. The van der Waals surface area contributed by atoms with E-state index < -0.39 is 24.6 Å². The molecule has 132 valence electrons. The SMILES string of the molecule is O=C(O)C1CN(C(=O)c2cc3ccccc3cc2OC(F)F)CCO1. The Labute approximate surface area is 141 Å². The quantitative estimate of drug-likeness (QED) is 0.915. The lowest BCUT2D eigenvalue weighted by molar-refractivity contribution is -0.154. The first-order chi connectivity index (χ1) is 12.0. The van der Waals surface area contributed by atoms with Crippen molar-refractivity contribution in [3.05, 3.63) is 42.0 Å². The van der Waals surface area contributed by atoms with E-state index in [0.29, 0.717) is 10.8 Å². The number of amides is 1. The molecule has 0 radical (unpaired) electrons. The van der Waals surface area contributed by atoms with E-state index in [4.69, 9.17) is 9.84 Å². The van der Waals surface area contributed by atoms with E-state index in [0.717, 1.165) is 0 Å². The summed E-state index contributed by atoms with van der Waals surface area (Å²) in [5.41, 5.74) is -0.0370. The molecule has 1 heterocycles. The highest BCUT2D eigenvalue weighted by atomic mass is 19.3. The molecule has 1 aliphatic heterocycles. The average molecular weight is 351 g/mol. The van der Waals surface area contributed by atoms with Crippen LogP contribution in [0.5, 0.6) is 5.75 Å². The number of carboxylic acid groups (broad SMARTS) is 1. The van der Waals surface area contributed by atoms with Gasteiger partial charge in [-0.15, -0.1) is 0 Å². The minimum atomic E-state index is -3.08. The van der Waals surface area contributed by atoms with Crippen molar-refractivity contribution in [1.29, 1.82) is 0 Å². The molecule has 0 saturated carbocycles. The normalized spacial score (nSPS) is 17.7. The summed E-state index contributed by atoms with van der Waals surface area (Å²) >= 11 is 0. The van der Waals surface area contributed by atoms with Gasteiger partial charge in [-0.2, -0.15) is 8.78 Å². The summed E-state index contributed by atoms with van der Waals surface area (Å²) < 4.78 is 35.0. The lowest BCUT2D eigenvalue weighted by Crippen LogP contribution is -2.48. The molecule has 3 rings (SSSR count). The Morgan fingerprint density at radius 2 is 1.92 bits per heavy atom. The van der Waals surface area contributed by atoms with E-state index in [9.17, 15) is 18.4 Å². The van der Waals surface area contributed by atoms with Crippen LogP contribution >= 0.6 is 0 Å². The third-order valence-electron chi connectivity index (χ3n) is 3.92. The molecule has 8 heteroatoms. The van der Waals surface area contributed by atoms with E-state index in [2.05, 4.69) is 4.74 Å². The third-order valence-corrected chi connectivity index (χ3v) is 3.92. The molecule has 2 aromatic carbocycles. The highest BCUT2D eigenvalue weighted by Gasteiger charge is 2.31. The highest BCUT2D eigenvalue weighted by molar-refractivity contribution is 6.01. The summed E-state index contributed by atoms with van der Waals surface area (Å²) in [6.45, 7) is -3.01. The fraction of sp³-hybridized carbons (Fsp3) is 0.294. The van der Waals surface area contributed by atoms with Gasteiger partial charge in [0.15, 0.2) is 6.10 Å². The zero-order chi connectivity index (χ0) is 18.0. The number of aliphatic carboxylic acids is 1. The van der Waals surface area contributed by atoms with Gasteiger partial charge in [-0.25, -0.2) is 4.79 Å². The van der Waals surface area contributed by atoms with Gasteiger partial charge in [0, 0.05) is 6.54 Å². The molecule has 1 aliphatic rings. The lowest BCUT2D eigenvalue weighted by atomic mass is 10.0. The van der Waals surface area contributed by atoms with Crippen molar-refractivity contribution >= 4 is 22.6 Å². The van der Waals surface area contributed by atoms with Gasteiger partial charge in [0.1, 0.15) is 5.75 Å².